The maximum atomic E-state index is 11.6. The van der Waals surface area contributed by atoms with E-state index in [-0.39, 0.29) is 24.9 Å². The first-order chi connectivity index (χ1) is 9.19. The summed E-state index contributed by atoms with van der Waals surface area (Å²) in [4.78, 5) is 22.6. The molecule has 2 aromatic carbocycles. The van der Waals surface area contributed by atoms with Crippen molar-refractivity contribution in [3.05, 3.63) is 42.5 Å². The predicted octanol–water partition coefficient (Wildman–Crippen LogP) is 0.136. The molecule has 2 rings (SSSR count). The number of rotatable bonds is 4. The molecule has 5 heteroatoms. The summed E-state index contributed by atoms with van der Waals surface area (Å²) in [5, 5.41) is 7.39. The van der Waals surface area contributed by atoms with Crippen LogP contribution >= 0.6 is 0 Å². The minimum Gasteiger partial charge on any atom is -0.350 e. The van der Waals surface area contributed by atoms with E-state index in [1.54, 1.807) is 0 Å². The third-order valence-corrected chi connectivity index (χ3v) is 2.71. The molecule has 0 unspecified atom stereocenters. The van der Waals surface area contributed by atoms with Crippen molar-refractivity contribution in [2.75, 3.05) is 18.4 Å². The monoisotopic (exact) mass is 258 g/mol. The van der Waals surface area contributed by atoms with Crippen LogP contribution in [0.3, 0.4) is 0 Å². The average Bonchev–Trinajstić information content (AvgIpc) is 2.44. The third-order valence-electron chi connectivity index (χ3n) is 2.71. The summed E-state index contributed by atoms with van der Waals surface area (Å²) in [6.07, 6.45) is 0. The Bertz CT molecular complexity index is 610. The zero-order valence-electron chi connectivity index (χ0n) is 10.5. The molecule has 2 aromatic rings. The van der Waals surface area contributed by atoms with Gasteiger partial charge in [-0.05, 0) is 22.9 Å². The molecule has 0 saturated heterocycles. The summed E-state index contributed by atoms with van der Waals surface area (Å²) in [5.74, 6) is -0.495. The SMILES string of the molecule is [NH3+]CC(=O)NCC(=O)Nc1ccc2ccccc2c1. The average molecular weight is 258 g/mol. The second kappa shape index (κ2) is 5.97. The van der Waals surface area contributed by atoms with Crippen molar-refractivity contribution in [2.24, 2.45) is 0 Å². The van der Waals surface area contributed by atoms with Crippen molar-refractivity contribution in [2.45, 2.75) is 0 Å². The van der Waals surface area contributed by atoms with Gasteiger partial charge in [-0.2, -0.15) is 0 Å². The molecule has 0 spiro atoms. The summed E-state index contributed by atoms with van der Waals surface area (Å²) in [5.41, 5.74) is 4.15. The van der Waals surface area contributed by atoms with E-state index in [0.29, 0.717) is 5.69 Å². The van der Waals surface area contributed by atoms with Crippen LogP contribution in [-0.4, -0.2) is 24.9 Å². The Hall–Kier alpha value is -2.40. The van der Waals surface area contributed by atoms with Crippen molar-refractivity contribution >= 4 is 28.3 Å². The standard InChI is InChI=1S/C14H15N3O2/c15-8-13(18)16-9-14(19)17-12-6-5-10-3-1-2-4-11(10)7-12/h1-7H,8-9,15H2,(H,16,18)(H,17,19)/p+1. The van der Waals surface area contributed by atoms with E-state index >= 15 is 0 Å². The fourth-order valence-electron chi connectivity index (χ4n) is 1.74. The molecule has 0 aliphatic rings. The number of nitrogens with one attached hydrogen (secondary N) is 2. The van der Waals surface area contributed by atoms with Gasteiger partial charge in [0, 0.05) is 5.69 Å². The number of hydrogen-bond acceptors (Lipinski definition) is 2. The zero-order chi connectivity index (χ0) is 13.7. The molecule has 0 aliphatic heterocycles. The smallest absolute Gasteiger partial charge is 0.275 e. The second-order valence-corrected chi connectivity index (χ2v) is 4.14. The number of carbonyl (C=O) groups excluding carboxylic acids is 2. The summed E-state index contributed by atoms with van der Waals surface area (Å²) >= 11 is 0. The minimum absolute atomic E-state index is 0.0405. The molecule has 0 radical (unpaired) electrons. The highest BCUT2D eigenvalue weighted by molar-refractivity contribution is 5.96. The molecule has 0 aromatic heterocycles. The van der Waals surface area contributed by atoms with Gasteiger partial charge in [-0.25, -0.2) is 0 Å². The Morgan fingerprint density at radius 2 is 1.74 bits per heavy atom. The van der Waals surface area contributed by atoms with Crippen LogP contribution in [0.4, 0.5) is 5.69 Å². The topological polar surface area (TPSA) is 85.8 Å². The van der Waals surface area contributed by atoms with E-state index in [1.807, 2.05) is 42.5 Å². The van der Waals surface area contributed by atoms with Crippen LogP contribution in [0.1, 0.15) is 0 Å². The molecule has 0 heterocycles. The van der Waals surface area contributed by atoms with Crippen molar-refractivity contribution in [1.29, 1.82) is 0 Å². The predicted molar refractivity (Wildman–Crippen MR) is 73.3 cm³/mol. The Balaban J connectivity index is 2.01. The van der Waals surface area contributed by atoms with E-state index in [4.69, 9.17) is 0 Å². The van der Waals surface area contributed by atoms with Gasteiger partial charge >= 0.3 is 0 Å². The van der Waals surface area contributed by atoms with Gasteiger partial charge in [0.25, 0.3) is 5.91 Å². The normalized spacial score (nSPS) is 10.2. The first-order valence-corrected chi connectivity index (χ1v) is 6.03. The van der Waals surface area contributed by atoms with Crippen LogP contribution in [0.25, 0.3) is 10.8 Å². The minimum atomic E-state index is -0.253. The number of fused-ring (bicyclic) bond motifs is 1. The van der Waals surface area contributed by atoms with Gasteiger partial charge in [-0.15, -0.1) is 0 Å². The van der Waals surface area contributed by atoms with Crippen LogP contribution in [-0.2, 0) is 9.59 Å². The maximum Gasteiger partial charge on any atom is 0.275 e. The number of benzene rings is 2. The summed E-state index contributed by atoms with van der Waals surface area (Å²) in [7, 11) is 0. The Morgan fingerprint density at radius 1 is 1.00 bits per heavy atom. The Kier molecular flexibility index (Phi) is 4.10. The zero-order valence-corrected chi connectivity index (χ0v) is 10.5. The van der Waals surface area contributed by atoms with Crippen LogP contribution in [0, 0.1) is 0 Å². The number of carbonyl (C=O) groups is 2. The Labute approximate surface area is 110 Å². The first-order valence-electron chi connectivity index (χ1n) is 6.03. The fraction of sp³-hybridized carbons (Fsp3) is 0.143. The van der Waals surface area contributed by atoms with Crippen LogP contribution < -0.4 is 16.4 Å². The van der Waals surface area contributed by atoms with Crippen molar-refractivity contribution in [3.63, 3.8) is 0 Å². The number of hydrogen-bond donors (Lipinski definition) is 3. The highest BCUT2D eigenvalue weighted by Gasteiger charge is 2.05. The third kappa shape index (κ3) is 3.53. The lowest BCUT2D eigenvalue weighted by Gasteiger charge is -2.07. The summed E-state index contributed by atoms with van der Waals surface area (Å²) in [6.45, 7) is 0.0877. The molecule has 5 nitrogen and oxygen atoms in total. The summed E-state index contributed by atoms with van der Waals surface area (Å²) in [6, 6.07) is 13.6. The number of anilines is 1. The van der Waals surface area contributed by atoms with Gasteiger partial charge in [0.2, 0.25) is 5.91 Å². The van der Waals surface area contributed by atoms with E-state index in [0.717, 1.165) is 10.8 Å². The lowest BCUT2D eigenvalue weighted by Crippen LogP contribution is -2.57. The van der Waals surface area contributed by atoms with E-state index in [9.17, 15) is 9.59 Å². The first kappa shape index (κ1) is 13.0. The lowest BCUT2D eigenvalue weighted by molar-refractivity contribution is -0.355. The van der Waals surface area contributed by atoms with E-state index in [2.05, 4.69) is 16.4 Å². The molecule has 98 valence electrons. The second-order valence-electron chi connectivity index (χ2n) is 4.14. The molecule has 19 heavy (non-hydrogen) atoms. The quantitative estimate of drug-likeness (QED) is 0.728. The molecule has 0 fully saturated rings. The molecular formula is C14H16N3O2+. The van der Waals surface area contributed by atoms with Gasteiger partial charge in [0.05, 0.1) is 6.54 Å². The lowest BCUT2D eigenvalue weighted by atomic mass is 10.1. The maximum absolute atomic E-state index is 11.6. The highest BCUT2D eigenvalue weighted by atomic mass is 16.2. The van der Waals surface area contributed by atoms with E-state index in [1.165, 1.54) is 0 Å². The molecule has 0 aliphatic carbocycles. The van der Waals surface area contributed by atoms with Crippen LogP contribution in [0.5, 0.6) is 0 Å². The van der Waals surface area contributed by atoms with Gasteiger partial charge in [0.15, 0.2) is 6.54 Å². The summed E-state index contributed by atoms with van der Waals surface area (Å²) < 4.78 is 0. The molecule has 0 saturated carbocycles. The molecule has 2 amide bonds. The molecule has 0 atom stereocenters. The molecule has 0 bridgehead atoms. The van der Waals surface area contributed by atoms with Gasteiger partial charge in [0.1, 0.15) is 0 Å². The number of amides is 2. The fourth-order valence-corrected chi connectivity index (χ4v) is 1.74. The Morgan fingerprint density at radius 3 is 2.47 bits per heavy atom. The largest absolute Gasteiger partial charge is 0.350 e. The highest BCUT2D eigenvalue weighted by Crippen LogP contribution is 2.18. The number of quaternary nitrogens is 1. The van der Waals surface area contributed by atoms with Gasteiger partial charge < -0.3 is 16.4 Å². The van der Waals surface area contributed by atoms with E-state index < -0.39 is 0 Å². The van der Waals surface area contributed by atoms with Crippen molar-refractivity contribution in [1.82, 2.24) is 5.32 Å². The molecular weight excluding hydrogens is 242 g/mol. The van der Waals surface area contributed by atoms with Gasteiger partial charge in [-0.1, -0.05) is 30.3 Å². The van der Waals surface area contributed by atoms with Crippen molar-refractivity contribution < 1.29 is 15.3 Å². The van der Waals surface area contributed by atoms with Crippen LogP contribution in [0.2, 0.25) is 0 Å². The van der Waals surface area contributed by atoms with Gasteiger partial charge in [-0.3, -0.25) is 9.59 Å². The van der Waals surface area contributed by atoms with Crippen LogP contribution in [0.15, 0.2) is 42.5 Å². The molecule has 5 N–H and O–H groups in total. The van der Waals surface area contributed by atoms with Crippen molar-refractivity contribution in [3.8, 4) is 0 Å².